The van der Waals surface area contributed by atoms with Gasteiger partial charge >= 0.3 is 0 Å². The van der Waals surface area contributed by atoms with Crippen molar-refractivity contribution in [2.75, 3.05) is 19.0 Å². The van der Waals surface area contributed by atoms with Crippen molar-refractivity contribution in [3.8, 4) is 0 Å². The van der Waals surface area contributed by atoms with Gasteiger partial charge in [-0.3, -0.25) is 9.18 Å². The number of hydrogen-bond acceptors (Lipinski definition) is 2. The van der Waals surface area contributed by atoms with Gasteiger partial charge in [-0.15, -0.1) is 0 Å². The molecule has 0 saturated heterocycles. The van der Waals surface area contributed by atoms with Gasteiger partial charge < -0.3 is 11.1 Å². The van der Waals surface area contributed by atoms with E-state index in [0.717, 1.165) is 16.3 Å². The standard InChI is InChI=1S/C20H19FN2O/c21-12-16(13-23-20(24)15-7-2-1-3-8-15)19-17-9-5-4-6-14(17)10-11-18(19)22/h1-11,16H,12-13,22H2,(H,23,24). The lowest BCUT2D eigenvalue weighted by Gasteiger charge is -2.19. The molecule has 3 aromatic rings. The highest BCUT2D eigenvalue weighted by Crippen LogP contribution is 2.31. The lowest BCUT2D eigenvalue weighted by Crippen LogP contribution is -2.29. The minimum absolute atomic E-state index is 0.197. The number of carbonyl (C=O) groups excluding carboxylic acids is 1. The topological polar surface area (TPSA) is 55.1 Å². The number of amides is 1. The van der Waals surface area contributed by atoms with Crippen LogP contribution < -0.4 is 11.1 Å². The minimum Gasteiger partial charge on any atom is -0.398 e. The van der Waals surface area contributed by atoms with Crippen molar-refractivity contribution < 1.29 is 9.18 Å². The van der Waals surface area contributed by atoms with Crippen LogP contribution in [0.1, 0.15) is 21.8 Å². The van der Waals surface area contributed by atoms with Gasteiger partial charge in [0.1, 0.15) is 0 Å². The van der Waals surface area contributed by atoms with Gasteiger partial charge in [-0.1, -0.05) is 48.5 Å². The number of nitrogens with one attached hydrogen (secondary N) is 1. The SMILES string of the molecule is Nc1ccc2ccccc2c1C(CF)CNC(=O)c1ccccc1. The fourth-order valence-electron chi connectivity index (χ4n) is 2.91. The van der Waals surface area contributed by atoms with Crippen LogP contribution in [0.15, 0.2) is 66.7 Å². The lowest BCUT2D eigenvalue weighted by atomic mass is 9.92. The summed E-state index contributed by atoms with van der Waals surface area (Å²) in [5.74, 6) is -0.698. The van der Waals surface area contributed by atoms with E-state index < -0.39 is 12.6 Å². The Kier molecular flexibility index (Phi) is 4.75. The highest BCUT2D eigenvalue weighted by Gasteiger charge is 2.18. The largest absolute Gasteiger partial charge is 0.398 e. The van der Waals surface area contributed by atoms with E-state index in [0.29, 0.717) is 11.3 Å². The zero-order valence-corrected chi connectivity index (χ0v) is 13.2. The van der Waals surface area contributed by atoms with E-state index in [1.165, 1.54) is 0 Å². The van der Waals surface area contributed by atoms with Crippen LogP contribution in [0.2, 0.25) is 0 Å². The van der Waals surface area contributed by atoms with E-state index in [1.54, 1.807) is 30.3 Å². The third-order valence-electron chi connectivity index (χ3n) is 4.14. The summed E-state index contributed by atoms with van der Waals surface area (Å²) in [5.41, 5.74) is 7.96. The molecule has 0 aliphatic carbocycles. The van der Waals surface area contributed by atoms with Gasteiger partial charge in [-0.05, 0) is 34.5 Å². The molecule has 0 saturated carbocycles. The number of anilines is 1. The monoisotopic (exact) mass is 322 g/mol. The fourth-order valence-corrected chi connectivity index (χ4v) is 2.91. The van der Waals surface area contributed by atoms with Gasteiger partial charge in [0, 0.05) is 23.7 Å². The summed E-state index contributed by atoms with van der Waals surface area (Å²) in [6.07, 6.45) is 0. The molecule has 122 valence electrons. The maximum Gasteiger partial charge on any atom is 0.251 e. The number of rotatable bonds is 5. The number of benzene rings is 3. The lowest BCUT2D eigenvalue weighted by molar-refractivity contribution is 0.0950. The Labute approximate surface area is 140 Å². The predicted octanol–water partition coefficient (Wildman–Crippen LogP) is 3.91. The highest BCUT2D eigenvalue weighted by atomic mass is 19.1. The van der Waals surface area contributed by atoms with Gasteiger partial charge in [0.2, 0.25) is 0 Å². The zero-order chi connectivity index (χ0) is 16.9. The smallest absolute Gasteiger partial charge is 0.251 e. The molecule has 0 bridgehead atoms. The zero-order valence-electron chi connectivity index (χ0n) is 13.2. The second kappa shape index (κ2) is 7.13. The van der Waals surface area contributed by atoms with Crippen LogP contribution in [0.3, 0.4) is 0 Å². The Morgan fingerprint density at radius 1 is 1.00 bits per heavy atom. The van der Waals surface area contributed by atoms with Crippen LogP contribution in [0.25, 0.3) is 10.8 Å². The molecule has 1 amide bonds. The summed E-state index contributed by atoms with van der Waals surface area (Å²) in [6.45, 7) is -0.393. The summed E-state index contributed by atoms with van der Waals surface area (Å²) in [4.78, 5) is 12.2. The molecule has 1 atom stereocenters. The number of nitrogens with two attached hydrogens (primary N) is 1. The average Bonchev–Trinajstić information content (AvgIpc) is 2.64. The third kappa shape index (κ3) is 3.23. The normalized spacial score (nSPS) is 12.0. The molecule has 0 aliphatic rings. The van der Waals surface area contributed by atoms with Crippen molar-refractivity contribution in [2.24, 2.45) is 0 Å². The van der Waals surface area contributed by atoms with E-state index in [-0.39, 0.29) is 12.5 Å². The first kappa shape index (κ1) is 16.0. The summed E-state index contributed by atoms with van der Waals surface area (Å²) in [5, 5.41) is 4.74. The first-order chi connectivity index (χ1) is 11.7. The van der Waals surface area contributed by atoms with Crippen molar-refractivity contribution in [1.82, 2.24) is 5.32 Å². The Hall–Kier alpha value is -2.88. The van der Waals surface area contributed by atoms with Gasteiger partial charge in [0.05, 0.1) is 6.67 Å². The Morgan fingerprint density at radius 2 is 1.71 bits per heavy atom. The molecule has 24 heavy (non-hydrogen) atoms. The molecular formula is C20H19FN2O. The molecule has 0 aliphatic heterocycles. The molecule has 3 rings (SSSR count). The van der Waals surface area contributed by atoms with E-state index >= 15 is 0 Å². The van der Waals surface area contributed by atoms with Gasteiger partial charge in [0.25, 0.3) is 5.91 Å². The molecule has 3 nitrogen and oxygen atoms in total. The summed E-state index contributed by atoms with van der Waals surface area (Å²) in [6, 6.07) is 20.3. The Morgan fingerprint density at radius 3 is 2.46 bits per heavy atom. The molecular weight excluding hydrogens is 303 g/mol. The van der Waals surface area contributed by atoms with E-state index in [4.69, 9.17) is 5.73 Å². The molecule has 0 radical (unpaired) electrons. The number of halogens is 1. The number of alkyl halides is 1. The van der Waals surface area contributed by atoms with E-state index in [1.807, 2.05) is 36.4 Å². The maximum atomic E-state index is 13.7. The van der Waals surface area contributed by atoms with Crippen LogP contribution in [-0.4, -0.2) is 19.1 Å². The van der Waals surface area contributed by atoms with Gasteiger partial charge in [-0.2, -0.15) is 0 Å². The fraction of sp³-hybridized carbons (Fsp3) is 0.150. The predicted molar refractivity (Wildman–Crippen MR) is 95.9 cm³/mol. The van der Waals surface area contributed by atoms with Crippen LogP contribution in [-0.2, 0) is 0 Å². The molecule has 4 heteroatoms. The Bertz CT molecular complexity index is 849. The van der Waals surface area contributed by atoms with Gasteiger partial charge in [0.15, 0.2) is 0 Å². The number of carbonyl (C=O) groups is 1. The molecule has 0 fully saturated rings. The maximum absolute atomic E-state index is 13.7. The quantitative estimate of drug-likeness (QED) is 0.700. The second-order valence-corrected chi connectivity index (χ2v) is 5.72. The first-order valence-electron chi connectivity index (χ1n) is 7.87. The van der Waals surface area contributed by atoms with Crippen molar-refractivity contribution in [1.29, 1.82) is 0 Å². The van der Waals surface area contributed by atoms with Crippen LogP contribution in [0.4, 0.5) is 10.1 Å². The van der Waals surface area contributed by atoms with Crippen LogP contribution in [0.5, 0.6) is 0 Å². The number of fused-ring (bicyclic) bond motifs is 1. The molecule has 0 aromatic heterocycles. The second-order valence-electron chi connectivity index (χ2n) is 5.72. The van der Waals surface area contributed by atoms with Crippen molar-refractivity contribution in [3.63, 3.8) is 0 Å². The van der Waals surface area contributed by atoms with Crippen LogP contribution >= 0.6 is 0 Å². The Balaban J connectivity index is 1.85. The van der Waals surface area contributed by atoms with Crippen LogP contribution in [0, 0.1) is 0 Å². The summed E-state index contributed by atoms with van der Waals surface area (Å²) in [7, 11) is 0. The van der Waals surface area contributed by atoms with Crippen molar-refractivity contribution in [3.05, 3.63) is 77.9 Å². The van der Waals surface area contributed by atoms with E-state index in [2.05, 4.69) is 5.32 Å². The molecule has 3 N–H and O–H groups in total. The summed E-state index contributed by atoms with van der Waals surface area (Å²) >= 11 is 0. The van der Waals surface area contributed by atoms with E-state index in [9.17, 15) is 9.18 Å². The number of hydrogen-bond donors (Lipinski definition) is 2. The third-order valence-corrected chi connectivity index (χ3v) is 4.14. The molecule has 0 spiro atoms. The summed E-state index contributed by atoms with van der Waals surface area (Å²) < 4.78 is 13.7. The minimum atomic E-state index is -0.590. The average molecular weight is 322 g/mol. The molecule has 0 heterocycles. The first-order valence-corrected chi connectivity index (χ1v) is 7.87. The number of nitrogen functional groups attached to an aromatic ring is 1. The molecule has 1 unspecified atom stereocenters. The van der Waals surface area contributed by atoms with Crippen molar-refractivity contribution in [2.45, 2.75) is 5.92 Å². The van der Waals surface area contributed by atoms with Gasteiger partial charge in [-0.25, -0.2) is 0 Å². The van der Waals surface area contributed by atoms with Crippen molar-refractivity contribution >= 4 is 22.4 Å². The highest BCUT2D eigenvalue weighted by molar-refractivity contribution is 5.94. The molecule has 3 aromatic carbocycles.